The Balaban J connectivity index is 2.42. The van der Waals surface area contributed by atoms with Crippen molar-refractivity contribution in [3.63, 3.8) is 0 Å². The number of aryl methyl sites for hydroxylation is 1. The van der Waals surface area contributed by atoms with Crippen LogP contribution in [0.15, 0.2) is 34.9 Å². The molecule has 0 aliphatic carbocycles. The maximum atomic E-state index is 5.18. The van der Waals surface area contributed by atoms with E-state index in [1.807, 2.05) is 24.4 Å². The Bertz CT molecular complexity index is 476. The summed E-state index contributed by atoms with van der Waals surface area (Å²) in [6, 6.07) is 8.16. The van der Waals surface area contributed by atoms with Crippen LogP contribution >= 0.6 is 15.9 Å². The summed E-state index contributed by atoms with van der Waals surface area (Å²) >= 11 is 3.47. The van der Waals surface area contributed by atoms with Gasteiger partial charge >= 0.3 is 0 Å². The summed E-state index contributed by atoms with van der Waals surface area (Å²) in [4.78, 5) is 3.22. The highest BCUT2D eigenvalue weighted by Gasteiger charge is 2.04. The smallest absolute Gasteiger partial charge is 0.133 e. The van der Waals surface area contributed by atoms with E-state index in [0.717, 1.165) is 21.5 Å². The molecule has 0 saturated carbocycles. The molecule has 2 rings (SSSR count). The highest BCUT2D eigenvalue weighted by atomic mass is 79.9. The second kappa shape index (κ2) is 4.11. The van der Waals surface area contributed by atoms with Gasteiger partial charge in [-0.15, -0.1) is 0 Å². The minimum atomic E-state index is 0.849. The topological polar surface area (TPSA) is 25.0 Å². The summed E-state index contributed by atoms with van der Waals surface area (Å²) in [7, 11) is 1.67. The first-order valence-corrected chi connectivity index (χ1v) is 5.49. The Kier molecular flexibility index (Phi) is 2.82. The molecule has 15 heavy (non-hydrogen) atoms. The number of aromatic nitrogens is 1. The number of H-pyrrole nitrogens is 1. The third kappa shape index (κ3) is 2.07. The molecule has 0 amide bonds. The fourth-order valence-electron chi connectivity index (χ4n) is 1.50. The number of methoxy groups -OCH3 is 1. The maximum Gasteiger partial charge on any atom is 0.133 e. The minimum Gasteiger partial charge on any atom is -0.496 e. The van der Waals surface area contributed by atoms with E-state index in [1.165, 1.54) is 5.56 Å². The Morgan fingerprint density at radius 2 is 2.07 bits per heavy atom. The van der Waals surface area contributed by atoms with Crippen molar-refractivity contribution >= 4 is 15.9 Å². The van der Waals surface area contributed by atoms with Gasteiger partial charge in [0.2, 0.25) is 0 Å². The summed E-state index contributed by atoms with van der Waals surface area (Å²) in [5.74, 6) is 0.849. The Labute approximate surface area is 97.4 Å². The molecule has 1 heterocycles. The van der Waals surface area contributed by atoms with Crippen LogP contribution < -0.4 is 4.74 Å². The minimum absolute atomic E-state index is 0.849. The summed E-state index contributed by atoms with van der Waals surface area (Å²) in [5, 5.41) is 0. The predicted molar refractivity (Wildman–Crippen MR) is 65.2 cm³/mol. The third-order valence-corrected chi connectivity index (χ3v) is 2.91. The van der Waals surface area contributed by atoms with Crippen LogP contribution in [0.1, 0.15) is 5.56 Å². The van der Waals surface area contributed by atoms with Gasteiger partial charge in [-0.05, 0) is 58.2 Å². The lowest BCUT2D eigenvalue weighted by Gasteiger charge is -2.04. The SMILES string of the molecule is COc1ccc(-c2cc(C)c[nH]2)cc1Br. The molecule has 1 N–H and O–H groups in total. The zero-order valence-electron chi connectivity index (χ0n) is 8.67. The molecule has 1 aromatic heterocycles. The summed E-state index contributed by atoms with van der Waals surface area (Å²) in [6.45, 7) is 2.07. The van der Waals surface area contributed by atoms with Gasteiger partial charge in [-0.1, -0.05) is 0 Å². The number of hydrogen-bond acceptors (Lipinski definition) is 1. The highest BCUT2D eigenvalue weighted by molar-refractivity contribution is 9.10. The third-order valence-electron chi connectivity index (χ3n) is 2.29. The van der Waals surface area contributed by atoms with Gasteiger partial charge in [0, 0.05) is 11.9 Å². The fourth-order valence-corrected chi connectivity index (χ4v) is 2.04. The highest BCUT2D eigenvalue weighted by Crippen LogP contribution is 2.30. The number of rotatable bonds is 2. The first kappa shape index (κ1) is 10.3. The summed E-state index contributed by atoms with van der Waals surface area (Å²) < 4.78 is 6.15. The quantitative estimate of drug-likeness (QED) is 0.879. The van der Waals surface area contributed by atoms with Gasteiger partial charge in [-0.2, -0.15) is 0 Å². The van der Waals surface area contributed by atoms with E-state index in [0.29, 0.717) is 0 Å². The molecule has 3 heteroatoms. The van der Waals surface area contributed by atoms with Crippen molar-refractivity contribution in [2.45, 2.75) is 6.92 Å². The monoisotopic (exact) mass is 265 g/mol. The standard InChI is InChI=1S/C12H12BrNO/c1-8-5-11(14-7-8)9-3-4-12(15-2)10(13)6-9/h3-7,14H,1-2H3. The lowest BCUT2D eigenvalue weighted by molar-refractivity contribution is 0.412. The van der Waals surface area contributed by atoms with Crippen LogP contribution in [0.5, 0.6) is 5.75 Å². The van der Waals surface area contributed by atoms with E-state index in [9.17, 15) is 0 Å². The van der Waals surface area contributed by atoms with Gasteiger partial charge in [0.1, 0.15) is 5.75 Å². The lowest BCUT2D eigenvalue weighted by atomic mass is 10.1. The number of hydrogen-bond donors (Lipinski definition) is 1. The number of halogens is 1. The van der Waals surface area contributed by atoms with Crippen molar-refractivity contribution in [2.24, 2.45) is 0 Å². The molecule has 0 spiro atoms. The maximum absolute atomic E-state index is 5.18. The summed E-state index contributed by atoms with van der Waals surface area (Å²) in [6.07, 6.45) is 1.99. The normalized spacial score (nSPS) is 10.3. The molecule has 2 nitrogen and oxygen atoms in total. The van der Waals surface area contributed by atoms with Gasteiger partial charge in [-0.25, -0.2) is 0 Å². The number of nitrogens with one attached hydrogen (secondary N) is 1. The zero-order chi connectivity index (χ0) is 10.8. The van der Waals surface area contributed by atoms with Crippen molar-refractivity contribution in [1.82, 2.24) is 4.98 Å². The van der Waals surface area contributed by atoms with Crippen molar-refractivity contribution in [3.8, 4) is 17.0 Å². The summed E-state index contributed by atoms with van der Waals surface area (Å²) in [5.41, 5.74) is 3.50. The van der Waals surface area contributed by atoms with Crippen LogP contribution in [0.2, 0.25) is 0 Å². The number of ether oxygens (including phenoxy) is 1. The molecular formula is C12H12BrNO. The molecule has 2 aromatic rings. The molecule has 0 radical (unpaired) electrons. The molecule has 0 aliphatic rings. The van der Waals surface area contributed by atoms with Crippen LogP contribution in [0.25, 0.3) is 11.3 Å². The second-order valence-electron chi connectivity index (χ2n) is 3.44. The van der Waals surface area contributed by atoms with Crippen molar-refractivity contribution in [2.75, 3.05) is 7.11 Å². The molecular weight excluding hydrogens is 254 g/mol. The van der Waals surface area contributed by atoms with Crippen LogP contribution in [0.3, 0.4) is 0 Å². The number of aromatic amines is 1. The molecule has 1 aromatic carbocycles. The largest absolute Gasteiger partial charge is 0.496 e. The Hall–Kier alpha value is -1.22. The van der Waals surface area contributed by atoms with Gasteiger partial charge in [0.25, 0.3) is 0 Å². The average molecular weight is 266 g/mol. The average Bonchev–Trinajstić information content (AvgIpc) is 2.65. The lowest BCUT2D eigenvalue weighted by Crippen LogP contribution is -1.85. The van der Waals surface area contributed by atoms with Crippen molar-refractivity contribution in [3.05, 3.63) is 40.5 Å². The molecule has 0 unspecified atom stereocenters. The fraction of sp³-hybridized carbons (Fsp3) is 0.167. The van der Waals surface area contributed by atoms with Crippen LogP contribution in [-0.4, -0.2) is 12.1 Å². The molecule has 0 saturated heterocycles. The first-order valence-electron chi connectivity index (χ1n) is 4.69. The Morgan fingerprint density at radius 1 is 1.27 bits per heavy atom. The molecule has 0 atom stereocenters. The van der Waals surface area contributed by atoms with Crippen LogP contribution in [-0.2, 0) is 0 Å². The predicted octanol–water partition coefficient (Wildman–Crippen LogP) is 3.76. The van der Waals surface area contributed by atoms with Crippen molar-refractivity contribution < 1.29 is 4.74 Å². The van der Waals surface area contributed by atoms with E-state index in [1.54, 1.807) is 7.11 Å². The van der Waals surface area contributed by atoms with E-state index in [2.05, 4.69) is 33.9 Å². The van der Waals surface area contributed by atoms with Crippen molar-refractivity contribution in [1.29, 1.82) is 0 Å². The van der Waals surface area contributed by atoms with E-state index in [4.69, 9.17) is 4.74 Å². The van der Waals surface area contributed by atoms with Gasteiger partial charge in [0.15, 0.2) is 0 Å². The first-order chi connectivity index (χ1) is 7.20. The van der Waals surface area contributed by atoms with E-state index < -0.39 is 0 Å². The second-order valence-corrected chi connectivity index (χ2v) is 4.29. The molecule has 0 fully saturated rings. The van der Waals surface area contributed by atoms with Gasteiger partial charge in [0.05, 0.1) is 11.6 Å². The van der Waals surface area contributed by atoms with E-state index in [-0.39, 0.29) is 0 Å². The van der Waals surface area contributed by atoms with E-state index >= 15 is 0 Å². The molecule has 0 aliphatic heterocycles. The Morgan fingerprint density at radius 3 is 2.60 bits per heavy atom. The van der Waals surface area contributed by atoms with Gasteiger partial charge in [-0.3, -0.25) is 0 Å². The molecule has 78 valence electrons. The molecule has 0 bridgehead atoms. The van der Waals surface area contributed by atoms with Crippen LogP contribution in [0, 0.1) is 6.92 Å². The van der Waals surface area contributed by atoms with Crippen LogP contribution in [0.4, 0.5) is 0 Å². The van der Waals surface area contributed by atoms with Gasteiger partial charge < -0.3 is 9.72 Å². The zero-order valence-corrected chi connectivity index (χ0v) is 10.3. The number of benzene rings is 1.